The predicted octanol–water partition coefficient (Wildman–Crippen LogP) is 3.28. The van der Waals surface area contributed by atoms with Gasteiger partial charge in [-0.15, -0.1) is 0 Å². The highest BCUT2D eigenvalue weighted by atomic mass is 16.2. The van der Waals surface area contributed by atoms with Crippen molar-refractivity contribution < 1.29 is 9.59 Å². The normalized spacial score (nSPS) is 11.2. The molecule has 0 fully saturated rings. The van der Waals surface area contributed by atoms with Crippen LogP contribution < -0.4 is 10.6 Å². The highest BCUT2D eigenvalue weighted by molar-refractivity contribution is 5.96. The Morgan fingerprint density at radius 2 is 1.92 bits per heavy atom. The van der Waals surface area contributed by atoms with E-state index in [1.807, 2.05) is 53.1 Å². The van der Waals surface area contributed by atoms with Crippen LogP contribution in [-0.2, 0) is 23.1 Å². The minimum Gasteiger partial charge on any atom is -0.326 e. The maximum atomic E-state index is 12.2. The number of nitrogens with one attached hydrogen (secondary N) is 2. The van der Waals surface area contributed by atoms with E-state index in [1.54, 1.807) is 16.9 Å². The average molecular weight is 342 g/mol. The maximum absolute atomic E-state index is 12.2. The zero-order valence-corrected chi connectivity index (χ0v) is 15.5. The summed E-state index contributed by atoms with van der Waals surface area (Å²) < 4.78 is 1.72. The standard InChI is InChI=1S/C19H26N4O2/c1-13-6-8-15(21-18(25)19(2,3)4)10-16(13)22-17(24)9-7-14-11-20-23(5)12-14/h6,8,10-12H,7,9H2,1-5H3,(H,21,25)(H,22,24). The number of aryl methyl sites for hydroxylation is 3. The van der Waals surface area contributed by atoms with Crippen LogP contribution in [0.5, 0.6) is 0 Å². The first-order chi connectivity index (χ1) is 11.6. The number of aromatic nitrogens is 2. The molecule has 0 bridgehead atoms. The maximum Gasteiger partial charge on any atom is 0.229 e. The number of carbonyl (C=O) groups excluding carboxylic acids is 2. The number of anilines is 2. The molecule has 6 heteroatoms. The number of carbonyl (C=O) groups is 2. The molecule has 0 spiro atoms. The molecule has 0 aliphatic carbocycles. The number of hydrogen-bond acceptors (Lipinski definition) is 3. The third-order valence-electron chi connectivity index (χ3n) is 3.85. The van der Waals surface area contributed by atoms with Crippen molar-refractivity contribution in [2.45, 2.75) is 40.5 Å². The molecule has 134 valence electrons. The molecule has 0 aliphatic heterocycles. The summed E-state index contributed by atoms with van der Waals surface area (Å²) in [6, 6.07) is 5.51. The molecule has 1 heterocycles. The lowest BCUT2D eigenvalue weighted by atomic mass is 9.95. The summed E-state index contributed by atoms with van der Waals surface area (Å²) in [7, 11) is 1.85. The molecule has 0 saturated carbocycles. The summed E-state index contributed by atoms with van der Waals surface area (Å²) in [4.78, 5) is 24.3. The fourth-order valence-corrected chi connectivity index (χ4v) is 2.22. The van der Waals surface area contributed by atoms with Gasteiger partial charge in [0.25, 0.3) is 0 Å². The topological polar surface area (TPSA) is 76.0 Å². The lowest BCUT2D eigenvalue weighted by molar-refractivity contribution is -0.123. The fourth-order valence-electron chi connectivity index (χ4n) is 2.22. The van der Waals surface area contributed by atoms with Crippen LogP contribution in [0, 0.1) is 12.3 Å². The minimum absolute atomic E-state index is 0.0637. The quantitative estimate of drug-likeness (QED) is 0.875. The third-order valence-corrected chi connectivity index (χ3v) is 3.85. The summed E-state index contributed by atoms with van der Waals surface area (Å²) in [6.45, 7) is 7.50. The van der Waals surface area contributed by atoms with Crippen LogP contribution in [-0.4, -0.2) is 21.6 Å². The van der Waals surface area contributed by atoms with E-state index < -0.39 is 5.41 Å². The van der Waals surface area contributed by atoms with E-state index in [4.69, 9.17) is 0 Å². The van der Waals surface area contributed by atoms with Gasteiger partial charge in [-0.25, -0.2) is 0 Å². The summed E-state index contributed by atoms with van der Waals surface area (Å²) in [5, 5.41) is 9.90. The summed E-state index contributed by atoms with van der Waals surface area (Å²) in [5.41, 5.74) is 2.89. The van der Waals surface area contributed by atoms with Gasteiger partial charge in [-0.1, -0.05) is 26.8 Å². The Hall–Kier alpha value is -2.63. The Morgan fingerprint density at radius 1 is 1.20 bits per heavy atom. The van der Waals surface area contributed by atoms with Crippen molar-refractivity contribution in [3.63, 3.8) is 0 Å². The largest absolute Gasteiger partial charge is 0.326 e. The Morgan fingerprint density at radius 3 is 2.52 bits per heavy atom. The van der Waals surface area contributed by atoms with E-state index in [9.17, 15) is 9.59 Å². The van der Waals surface area contributed by atoms with Crippen molar-refractivity contribution in [2.24, 2.45) is 12.5 Å². The van der Waals surface area contributed by atoms with Gasteiger partial charge in [0, 0.05) is 36.5 Å². The van der Waals surface area contributed by atoms with E-state index in [0.717, 1.165) is 11.1 Å². The molecule has 0 unspecified atom stereocenters. The molecule has 0 saturated heterocycles. The zero-order valence-electron chi connectivity index (χ0n) is 15.5. The fraction of sp³-hybridized carbons (Fsp3) is 0.421. The van der Waals surface area contributed by atoms with Crippen molar-refractivity contribution in [2.75, 3.05) is 10.6 Å². The van der Waals surface area contributed by atoms with Gasteiger partial charge in [0.15, 0.2) is 0 Å². The number of nitrogens with zero attached hydrogens (tertiary/aromatic N) is 2. The minimum atomic E-state index is -0.474. The molecule has 1 aromatic heterocycles. The molecule has 2 N–H and O–H groups in total. The van der Waals surface area contributed by atoms with Gasteiger partial charge in [0.05, 0.1) is 6.20 Å². The van der Waals surface area contributed by atoms with Gasteiger partial charge >= 0.3 is 0 Å². The second-order valence-corrected chi connectivity index (χ2v) is 7.30. The first-order valence-electron chi connectivity index (χ1n) is 8.34. The van der Waals surface area contributed by atoms with Crippen molar-refractivity contribution in [1.82, 2.24) is 9.78 Å². The number of benzene rings is 1. The SMILES string of the molecule is Cc1ccc(NC(=O)C(C)(C)C)cc1NC(=O)CCc1cnn(C)c1. The Labute approximate surface area is 148 Å². The van der Waals surface area contributed by atoms with Gasteiger partial charge in [-0.05, 0) is 36.6 Å². The Balaban J connectivity index is 1.99. The van der Waals surface area contributed by atoms with Gasteiger partial charge in [-0.3, -0.25) is 14.3 Å². The molecular formula is C19H26N4O2. The highest BCUT2D eigenvalue weighted by Crippen LogP contribution is 2.23. The first-order valence-corrected chi connectivity index (χ1v) is 8.34. The molecule has 25 heavy (non-hydrogen) atoms. The summed E-state index contributed by atoms with van der Waals surface area (Å²) in [6.07, 6.45) is 4.69. The molecule has 2 amide bonds. The first kappa shape index (κ1) is 18.7. The molecule has 2 aromatic rings. The van der Waals surface area contributed by atoms with Crippen molar-refractivity contribution in [3.05, 3.63) is 41.7 Å². The van der Waals surface area contributed by atoms with E-state index in [1.165, 1.54) is 0 Å². The molecule has 2 rings (SSSR count). The number of hydrogen-bond donors (Lipinski definition) is 2. The van der Waals surface area contributed by atoms with Crippen LogP contribution in [0.3, 0.4) is 0 Å². The zero-order chi connectivity index (χ0) is 18.6. The molecule has 1 aromatic carbocycles. The summed E-state index contributed by atoms with van der Waals surface area (Å²) >= 11 is 0. The van der Waals surface area contributed by atoms with Crippen LogP contribution in [0.2, 0.25) is 0 Å². The van der Waals surface area contributed by atoms with E-state index in [2.05, 4.69) is 15.7 Å². The molecule has 0 atom stereocenters. The number of amides is 2. The van der Waals surface area contributed by atoms with Crippen LogP contribution in [0.15, 0.2) is 30.6 Å². The molecule has 0 radical (unpaired) electrons. The van der Waals surface area contributed by atoms with Crippen molar-refractivity contribution in [3.8, 4) is 0 Å². The van der Waals surface area contributed by atoms with E-state index >= 15 is 0 Å². The monoisotopic (exact) mass is 342 g/mol. The van der Waals surface area contributed by atoms with Gasteiger partial charge in [0.2, 0.25) is 11.8 Å². The summed E-state index contributed by atoms with van der Waals surface area (Å²) in [5.74, 6) is -0.128. The third kappa shape index (κ3) is 5.45. The van der Waals surface area contributed by atoms with Gasteiger partial charge in [-0.2, -0.15) is 5.10 Å². The lowest BCUT2D eigenvalue weighted by Crippen LogP contribution is -2.27. The van der Waals surface area contributed by atoms with Crippen LogP contribution >= 0.6 is 0 Å². The van der Waals surface area contributed by atoms with Crippen LogP contribution in [0.25, 0.3) is 0 Å². The Kier molecular flexibility index (Phi) is 5.62. The number of rotatable bonds is 5. The Bertz CT molecular complexity index is 772. The van der Waals surface area contributed by atoms with E-state index in [0.29, 0.717) is 24.2 Å². The van der Waals surface area contributed by atoms with Crippen LogP contribution in [0.4, 0.5) is 11.4 Å². The van der Waals surface area contributed by atoms with Crippen molar-refractivity contribution in [1.29, 1.82) is 0 Å². The highest BCUT2D eigenvalue weighted by Gasteiger charge is 2.21. The lowest BCUT2D eigenvalue weighted by Gasteiger charge is -2.18. The molecule has 0 aliphatic rings. The smallest absolute Gasteiger partial charge is 0.229 e. The van der Waals surface area contributed by atoms with Gasteiger partial charge in [0.1, 0.15) is 0 Å². The predicted molar refractivity (Wildman–Crippen MR) is 99.4 cm³/mol. The second-order valence-electron chi connectivity index (χ2n) is 7.30. The van der Waals surface area contributed by atoms with Crippen molar-refractivity contribution >= 4 is 23.2 Å². The van der Waals surface area contributed by atoms with E-state index in [-0.39, 0.29) is 11.8 Å². The molecular weight excluding hydrogens is 316 g/mol. The molecule has 6 nitrogen and oxygen atoms in total. The van der Waals surface area contributed by atoms with Gasteiger partial charge < -0.3 is 10.6 Å². The average Bonchev–Trinajstić information content (AvgIpc) is 2.93. The second kappa shape index (κ2) is 7.51. The van der Waals surface area contributed by atoms with Crippen LogP contribution in [0.1, 0.15) is 38.3 Å².